The molecule has 3 heteroatoms. The Morgan fingerprint density at radius 1 is 1.14 bits per heavy atom. The van der Waals surface area contributed by atoms with Crippen molar-refractivity contribution in [2.24, 2.45) is 0 Å². The van der Waals surface area contributed by atoms with Crippen molar-refractivity contribution in [2.45, 2.75) is 96.9 Å². The van der Waals surface area contributed by atoms with E-state index < -0.39 is 0 Å². The number of aromatic nitrogens is 2. The molecule has 0 radical (unpaired) electrons. The van der Waals surface area contributed by atoms with Crippen LogP contribution in [0.5, 0.6) is 0 Å². The van der Waals surface area contributed by atoms with Crippen LogP contribution in [0.1, 0.15) is 103 Å². The Morgan fingerprint density at radius 3 is 2.19 bits per heavy atom. The standard InChI is InChI=1S/C18H33N3/c1-6-13(7-2)15-16(19)21(18(3,4)5)17(20-15)14-11-9-8-10-12-14/h13-14H,6-12,19H2,1-5H3. The van der Waals surface area contributed by atoms with Gasteiger partial charge in [-0.3, -0.25) is 0 Å². The molecule has 0 unspecified atom stereocenters. The quantitative estimate of drug-likeness (QED) is 0.831. The van der Waals surface area contributed by atoms with Gasteiger partial charge in [-0.25, -0.2) is 4.98 Å². The Balaban J connectivity index is 2.49. The summed E-state index contributed by atoms with van der Waals surface area (Å²) >= 11 is 0. The molecule has 1 saturated carbocycles. The van der Waals surface area contributed by atoms with Crippen LogP contribution < -0.4 is 5.73 Å². The van der Waals surface area contributed by atoms with Gasteiger partial charge in [0.25, 0.3) is 0 Å². The first kappa shape index (κ1) is 16.4. The van der Waals surface area contributed by atoms with Gasteiger partial charge in [0.2, 0.25) is 0 Å². The van der Waals surface area contributed by atoms with Crippen molar-refractivity contribution in [3.63, 3.8) is 0 Å². The normalized spacial score (nSPS) is 17.6. The van der Waals surface area contributed by atoms with E-state index in [0.29, 0.717) is 11.8 Å². The van der Waals surface area contributed by atoms with Crippen LogP contribution in [0, 0.1) is 0 Å². The summed E-state index contributed by atoms with van der Waals surface area (Å²) in [7, 11) is 0. The topological polar surface area (TPSA) is 43.8 Å². The van der Waals surface area contributed by atoms with E-state index in [1.54, 1.807) is 0 Å². The lowest BCUT2D eigenvalue weighted by Crippen LogP contribution is -2.27. The van der Waals surface area contributed by atoms with Gasteiger partial charge in [-0.05, 0) is 46.5 Å². The van der Waals surface area contributed by atoms with Crippen LogP contribution in [-0.4, -0.2) is 9.55 Å². The van der Waals surface area contributed by atoms with Crippen molar-refractivity contribution in [2.75, 3.05) is 5.73 Å². The molecule has 2 rings (SSSR count). The van der Waals surface area contributed by atoms with Gasteiger partial charge in [-0.2, -0.15) is 0 Å². The molecule has 1 aliphatic rings. The zero-order valence-electron chi connectivity index (χ0n) is 14.6. The largest absolute Gasteiger partial charge is 0.384 e. The van der Waals surface area contributed by atoms with Crippen LogP contribution in [0.2, 0.25) is 0 Å². The van der Waals surface area contributed by atoms with Crippen LogP contribution in [0.25, 0.3) is 0 Å². The van der Waals surface area contributed by atoms with E-state index in [4.69, 9.17) is 10.7 Å². The summed E-state index contributed by atoms with van der Waals surface area (Å²) < 4.78 is 2.33. The van der Waals surface area contributed by atoms with E-state index in [2.05, 4.69) is 39.2 Å². The maximum absolute atomic E-state index is 6.55. The fourth-order valence-corrected chi connectivity index (χ4v) is 3.78. The van der Waals surface area contributed by atoms with E-state index in [9.17, 15) is 0 Å². The minimum absolute atomic E-state index is 0.00808. The number of rotatable bonds is 4. The number of nitrogens with two attached hydrogens (primary N) is 1. The first-order valence-corrected chi connectivity index (χ1v) is 8.78. The summed E-state index contributed by atoms with van der Waals surface area (Å²) in [6.07, 6.45) is 8.83. The number of nitrogen functional groups attached to an aromatic ring is 1. The van der Waals surface area contributed by atoms with Gasteiger partial charge in [0, 0.05) is 17.4 Å². The molecule has 1 fully saturated rings. The molecule has 2 N–H and O–H groups in total. The summed E-state index contributed by atoms with van der Waals surface area (Å²) in [5.41, 5.74) is 7.71. The van der Waals surface area contributed by atoms with Crippen molar-refractivity contribution >= 4 is 5.82 Å². The highest BCUT2D eigenvalue weighted by Crippen LogP contribution is 2.39. The molecule has 0 saturated heterocycles. The second kappa shape index (κ2) is 6.41. The van der Waals surface area contributed by atoms with Gasteiger partial charge in [0.15, 0.2) is 0 Å². The molecule has 21 heavy (non-hydrogen) atoms. The monoisotopic (exact) mass is 291 g/mol. The fraction of sp³-hybridized carbons (Fsp3) is 0.833. The predicted molar refractivity (Wildman–Crippen MR) is 90.8 cm³/mol. The van der Waals surface area contributed by atoms with Crippen LogP contribution in [0.4, 0.5) is 5.82 Å². The van der Waals surface area contributed by atoms with Crippen molar-refractivity contribution in [1.29, 1.82) is 0 Å². The Kier molecular flexibility index (Phi) is 5.00. The summed E-state index contributed by atoms with van der Waals surface area (Å²) in [6.45, 7) is 11.2. The third-order valence-electron chi connectivity index (χ3n) is 4.98. The number of hydrogen-bond acceptors (Lipinski definition) is 2. The van der Waals surface area contributed by atoms with Crippen LogP contribution in [0.15, 0.2) is 0 Å². The molecule has 0 aliphatic heterocycles. The maximum atomic E-state index is 6.55. The van der Waals surface area contributed by atoms with Crippen molar-refractivity contribution in [3.05, 3.63) is 11.5 Å². The summed E-state index contributed by atoms with van der Waals surface area (Å²) in [4.78, 5) is 5.08. The first-order chi connectivity index (χ1) is 9.90. The average Bonchev–Trinajstić information content (AvgIpc) is 2.79. The smallest absolute Gasteiger partial charge is 0.127 e. The van der Waals surface area contributed by atoms with Gasteiger partial charge in [0.05, 0.1) is 5.69 Å². The molecule has 0 amide bonds. The second-order valence-electron chi connectivity index (χ2n) is 7.60. The molecule has 0 bridgehead atoms. The zero-order valence-corrected chi connectivity index (χ0v) is 14.6. The van der Waals surface area contributed by atoms with Gasteiger partial charge in [-0.15, -0.1) is 0 Å². The highest BCUT2D eigenvalue weighted by atomic mass is 15.2. The van der Waals surface area contributed by atoms with E-state index in [-0.39, 0.29) is 5.54 Å². The summed E-state index contributed by atoms with van der Waals surface area (Å²) in [6, 6.07) is 0. The molecular weight excluding hydrogens is 258 g/mol. The van der Waals surface area contributed by atoms with Crippen molar-refractivity contribution < 1.29 is 0 Å². The molecule has 3 nitrogen and oxygen atoms in total. The molecule has 0 aromatic carbocycles. The van der Waals surface area contributed by atoms with Crippen molar-refractivity contribution in [1.82, 2.24) is 9.55 Å². The van der Waals surface area contributed by atoms with E-state index in [1.807, 2.05) is 0 Å². The number of anilines is 1. The predicted octanol–water partition coefficient (Wildman–Crippen LogP) is 5.17. The van der Waals surface area contributed by atoms with Crippen LogP contribution in [0.3, 0.4) is 0 Å². The molecule has 1 aromatic heterocycles. The highest BCUT2D eigenvalue weighted by molar-refractivity contribution is 5.42. The first-order valence-electron chi connectivity index (χ1n) is 8.78. The fourth-order valence-electron chi connectivity index (χ4n) is 3.78. The third kappa shape index (κ3) is 3.27. The Bertz CT molecular complexity index is 458. The van der Waals surface area contributed by atoms with Gasteiger partial charge >= 0.3 is 0 Å². The lowest BCUT2D eigenvalue weighted by molar-refractivity contribution is 0.349. The molecular formula is C18H33N3. The lowest BCUT2D eigenvalue weighted by atomic mass is 9.88. The molecule has 1 aromatic rings. The van der Waals surface area contributed by atoms with E-state index >= 15 is 0 Å². The molecule has 1 heterocycles. The van der Waals surface area contributed by atoms with Crippen LogP contribution >= 0.6 is 0 Å². The Labute approximate surface area is 130 Å². The Hall–Kier alpha value is -0.990. The third-order valence-corrected chi connectivity index (χ3v) is 4.98. The lowest BCUT2D eigenvalue weighted by Gasteiger charge is -2.29. The molecule has 120 valence electrons. The molecule has 0 atom stereocenters. The SMILES string of the molecule is CCC(CC)c1nc(C2CCCCC2)n(C(C)(C)C)c1N. The maximum Gasteiger partial charge on any atom is 0.127 e. The number of hydrogen-bond donors (Lipinski definition) is 1. The van der Waals surface area contributed by atoms with Crippen molar-refractivity contribution in [3.8, 4) is 0 Å². The second-order valence-corrected chi connectivity index (χ2v) is 7.60. The number of nitrogens with zero attached hydrogens (tertiary/aromatic N) is 2. The summed E-state index contributed by atoms with van der Waals surface area (Å²) in [5.74, 6) is 3.26. The van der Waals surface area contributed by atoms with Gasteiger partial charge in [-0.1, -0.05) is 33.1 Å². The minimum Gasteiger partial charge on any atom is -0.384 e. The molecule has 1 aliphatic carbocycles. The number of imidazole rings is 1. The van der Waals surface area contributed by atoms with Gasteiger partial charge < -0.3 is 10.3 Å². The van der Waals surface area contributed by atoms with Gasteiger partial charge in [0.1, 0.15) is 11.6 Å². The Morgan fingerprint density at radius 2 is 1.71 bits per heavy atom. The van der Waals surface area contributed by atoms with E-state index in [0.717, 1.165) is 24.4 Å². The molecule has 0 spiro atoms. The minimum atomic E-state index is 0.00808. The zero-order chi connectivity index (χ0) is 15.6. The summed E-state index contributed by atoms with van der Waals surface area (Å²) in [5, 5.41) is 0. The van der Waals surface area contributed by atoms with E-state index in [1.165, 1.54) is 37.9 Å². The average molecular weight is 291 g/mol. The highest BCUT2D eigenvalue weighted by Gasteiger charge is 2.30. The van der Waals surface area contributed by atoms with Crippen LogP contribution in [-0.2, 0) is 5.54 Å².